The SMILES string of the molecule is CCc1cccc(C(NC)C2CCS(=O)(=O)C2)c1. The van der Waals surface area contributed by atoms with Crippen molar-refractivity contribution in [1.29, 1.82) is 0 Å². The van der Waals surface area contributed by atoms with Gasteiger partial charge >= 0.3 is 0 Å². The van der Waals surface area contributed by atoms with Crippen LogP contribution >= 0.6 is 0 Å². The van der Waals surface area contributed by atoms with Gasteiger partial charge in [-0.3, -0.25) is 0 Å². The second-order valence-corrected chi connectivity index (χ2v) is 7.26. The van der Waals surface area contributed by atoms with Crippen LogP contribution in [0.25, 0.3) is 0 Å². The molecule has 1 saturated heterocycles. The highest BCUT2D eigenvalue weighted by atomic mass is 32.2. The van der Waals surface area contributed by atoms with Gasteiger partial charge in [0.1, 0.15) is 0 Å². The molecule has 0 saturated carbocycles. The second-order valence-electron chi connectivity index (χ2n) is 5.03. The Morgan fingerprint density at radius 3 is 2.78 bits per heavy atom. The van der Waals surface area contributed by atoms with Gasteiger partial charge in [0.15, 0.2) is 9.84 Å². The maximum Gasteiger partial charge on any atom is 0.150 e. The number of nitrogens with one attached hydrogen (secondary N) is 1. The maximum absolute atomic E-state index is 11.6. The summed E-state index contributed by atoms with van der Waals surface area (Å²) in [6, 6.07) is 8.59. The van der Waals surface area contributed by atoms with Gasteiger partial charge in [-0.1, -0.05) is 31.2 Å². The molecule has 3 nitrogen and oxygen atoms in total. The molecule has 0 bridgehead atoms. The number of sulfone groups is 1. The van der Waals surface area contributed by atoms with E-state index in [0.717, 1.165) is 12.8 Å². The Balaban J connectivity index is 2.23. The molecule has 100 valence electrons. The summed E-state index contributed by atoms with van der Waals surface area (Å²) in [6.45, 7) is 2.13. The Hall–Kier alpha value is -0.870. The normalized spacial score (nSPS) is 24.0. The third kappa shape index (κ3) is 2.93. The Kier molecular flexibility index (Phi) is 4.07. The van der Waals surface area contributed by atoms with Gasteiger partial charge in [0.25, 0.3) is 0 Å². The molecule has 18 heavy (non-hydrogen) atoms. The molecule has 4 heteroatoms. The minimum atomic E-state index is -2.81. The average Bonchev–Trinajstić information content (AvgIpc) is 2.71. The molecule has 2 rings (SSSR count). The van der Waals surface area contributed by atoms with E-state index in [9.17, 15) is 8.42 Å². The third-order valence-electron chi connectivity index (χ3n) is 3.77. The zero-order valence-electron chi connectivity index (χ0n) is 11.0. The first-order valence-corrected chi connectivity index (χ1v) is 8.34. The minimum absolute atomic E-state index is 0.147. The molecular formula is C14H21NO2S. The van der Waals surface area contributed by atoms with Gasteiger partial charge in [-0.25, -0.2) is 8.42 Å². The van der Waals surface area contributed by atoms with E-state index >= 15 is 0 Å². The van der Waals surface area contributed by atoms with Crippen molar-refractivity contribution >= 4 is 9.84 Å². The van der Waals surface area contributed by atoms with Crippen LogP contribution in [0.4, 0.5) is 0 Å². The molecular weight excluding hydrogens is 246 g/mol. The average molecular weight is 267 g/mol. The van der Waals surface area contributed by atoms with Crippen molar-refractivity contribution in [1.82, 2.24) is 5.32 Å². The lowest BCUT2D eigenvalue weighted by molar-refractivity contribution is 0.418. The van der Waals surface area contributed by atoms with Crippen LogP contribution in [0.1, 0.15) is 30.5 Å². The quantitative estimate of drug-likeness (QED) is 0.907. The number of hydrogen-bond acceptors (Lipinski definition) is 3. The van der Waals surface area contributed by atoms with Crippen molar-refractivity contribution in [2.45, 2.75) is 25.8 Å². The van der Waals surface area contributed by atoms with Crippen molar-refractivity contribution < 1.29 is 8.42 Å². The summed E-state index contributed by atoms with van der Waals surface area (Å²) in [5.41, 5.74) is 2.51. The minimum Gasteiger partial charge on any atom is -0.313 e. The van der Waals surface area contributed by atoms with Gasteiger partial charge in [0, 0.05) is 6.04 Å². The smallest absolute Gasteiger partial charge is 0.150 e. The van der Waals surface area contributed by atoms with Crippen LogP contribution in [0.3, 0.4) is 0 Å². The Morgan fingerprint density at radius 2 is 2.22 bits per heavy atom. The Labute approximate surface area is 110 Å². The monoisotopic (exact) mass is 267 g/mol. The van der Waals surface area contributed by atoms with Crippen molar-refractivity contribution in [2.24, 2.45) is 5.92 Å². The first-order valence-electron chi connectivity index (χ1n) is 6.52. The van der Waals surface area contributed by atoms with E-state index in [-0.39, 0.29) is 12.0 Å². The molecule has 0 spiro atoms. The van der Waals surface area contributed by atoms with Gasteiger partial charge in [0.2, 0.25) is 0 Å². The number of rotatable bonds is 4. The predicted molar refractivity (Wildman–Crippen MR) is 74.4 cm³/mol. The first kappa shape index (κ1) is 13.6. The van der Waals surface area contributed by atoms with Crippen LogP contribution in [0.2, 0.25) is 0 Å². The molecule has 1 aliphatic rings. The van der Waals surface area contributed by atoms with Crippen molar-refractivity contribution in [3.05, 3.63) is 35.4 Å². The highest BCUT2D eigenvalue weighted by Gasteiger charge is 2.33. The Bertz CT molecular complexity index is 510. The molecule has 1 N–H and O–H groups in total. The van der Waals surface area contributed by atoms with Gasteiger partial charge in [-0.05, 0) is 36.9 Å². The molecule has 1 heterocycles. The highest BCUT2D eigenvalue weighted by molar-refractivity contribution is 7.91. The second kappa shape index (κ2) is 5.41. The van der Waals surface area contributed by atoms with Crippen LogP contribution < -0.4 is 5.32 Å². The van der Waals surface area contributed by atoms with E-state index in [0.29, 0.717) is 11.5 Å². The summed E-state index contributed by atoms with van der Waals surface area (Å²) < 4.78 is 23.2. The lowest BCUT2D eigenvalue weighted by atomic mass is 9.91. The van der Waals surface area contributed by atoms with E-state index in [1.165, 1.54) is 11.1 Å². The van der Waals surface area contributed by atoms with Crippen LogP contribution in [0, 0.1) is 5.92 Å². The molecule has 0 amide bonds. The van der Waals surface area contributed by atoms with Crippen molar-refractivity contribution in [3.8, 4) is 0 Å². The summed E-state index contributed by atoms with van der Waals surface area (Å²) in [7, 11) is -0.903. The third-order valence-corrected chi connectivity index (χ3v) is 5.56. The molecule has 2 atom stereocenters. The van der Waals surface area contributed by atoms with Gasteiger partial charge in [0.05, 0.1) is 11.5 Å². The fourth-order valence-corrected chi connectivity index (χ4v) is 4.61. The maximum atomic E-state index is 11.6. The largest absolute Gasteiger partial charge is 0.313 e. The molecule has 1 aromatic carbocycles. The van der Waals surface area contributed by atoms with E-state index in [1.54, 1.807) is 0 Å². The number of aryl methyl sites for hydroxylation is 1. The highest BCUT2D eigenvalue weighted by Crippen LogP contribution is 2.31. The molecule has 0 radical (unpaired) electrons. The topological polar surface area (TPSA) is 46.2 Å². The van der Waals surface area contributed by atoms with Crippen molar-refractivity contribution in [2.75, 3.05) is 18.6 Å². The summed E-state index contributed by atoms with van der Waals surface area (Å²) >= 11 is 0. The fourth-order valence-electron chi connectivity index (χ4n) is 2.77. The molecule has 0 aromatic heterocycles. The van der Waals surface area contributed by atoms with E-state index in [4.69, 9.17) is 0 Å². The summed E-state index contributed by atoms with van der Waals surface area (Å²) in [4.78, 5) is 0. The van der Waals surface area contributed by atoms with E-state index in [1.807, 2.05) is 7.05 Å². The Morgan fingerprint density at radius 1 is 1.44 bits per heavy atom. The molecule has 1 aliphatic heterocycles. The van der Waals surface area contributed by atoms with Gasteiger partial charge in [-0.15, -0.1) is 0 Å². The van der Waals surface area contributed by atoms with Crippen LogP contribution in [0.5, 0.6) is 0 Å². The fraction of sp³-hybridized carbons (Fsp3) is 0.571. The molecule has 0 aliphatic carbocycles. The number of benzene rings is 1. The lowest BCUT2D eigenvalue weighted by Gasteiger charge is -2.23. The zero-order chi connectivity index (χ0) is 13.2. The van der Waals surface area contributed by atoms with Gasteiger partial charge < -0.3 is 5.32 Å². The predicted octanol–water partition coefficient (Wildman–Crippen LogP) is 1.94. The van der Waals surface area contributed by atoms with Crippen LogP contribution in [0.15, 0.2) is 24.3 Å². The summed E-state index contributed by atoms with van der Waals surface area (Å²) in [5, 5.41) is 3.28. The molecule has 1 fully saturated rings. The molecule has 1 aromatic rings. The van der Waals surface area contributed by atoms with Crippen LogP contribution in [-0.4, -0.2) is 27.0 Å². The van der Waals surface area contributed by atoms with E-state index in [2.05, 4.69) is 36.5 Å². The number of hydrogen-bond donors (Lipinski definition) is 1. The van der Waals surface area contributed by atoms with Gasteiger partial charge in [-0.2, -0.15) is 0 Å². The van der Waals surface area contributed by atoms with E-state index < -0.39 is 9.84 Å². The van der Waals surface area contributed by atoms with Crippen LogP contribution in [-0.2, 0) is 16.3 Å². The summed E-state index contributed by atoms with van der Waals surface area (Å²) in [5.74, 6) is 0.852. The standard InChI is InChI=1S/C14H21NO2S/c1-3-11-5-4-6-12(9-11)14(15-2)13-7-8-18(16,17)10-13/h4-6,9,13-15H,3,7-8,10H2,1-2H3. The molecule has 2 unspecified atom stereocenters. The lowest BCUT2D eigenvalue weighted by Crippen LogP contribution is -2.26. The summed E-state index contributed by atoms with van der Waals surface area (Å²) in [6.07, 6.45) is 1.78. The van der Waals surface area contributed by atoms with Crippen molar-refractivity contribution in [3.63, 3.8) is 0 Å². The zero-order valence-corrected chi connectivity index (χ0v) is 11.8. The first-order chi connectivity index (χ1) is 8.55.